The Kier molecular flexibility index (Phi) is 8.33. The van der Waals surface area contributed by atoms with Crippen LogP contribution < -0.4 is 0 Å². The number of rotatable bonds is 2. The number of hydrogen-bond donors (Lipinski definition) is 0. The fraction of sp³-hybridized carbons (Fsp3) is 1.00. The van der Waals surface area contributed by atoms with Gasteiger partial charge in [0.15, 0.2) is 0 Å². The summed E-state index contributed by atoms with van der Waals surface area (Å²) in [5, 5.41) is 0. The lowest BCUT2D eigenvalue weighted by Crippen LogP contribution is -2.48. The molecular formula is C18H38N2O2. The van der Waals surface area contributed by atoms with Gasteiger partial charge in [-0.3, -0.25) is 9.80 Å². The first-order valence-electron chi connectivity index (χ1n) is 8.98. The Morgan fingerprint density at radius 2 is 0.818 bits per heavy atom. The summed E-state index contributed by atoms with van der Waals surface area (Å²) >= 11 is 0. The molecule has 4 nitrogen and oxygen atoms in total. The van der Waals surface area contributed by atoms with Crippen LogP contribution in [-0.4, -0.2) is 72.5 Å². The van der Waals surface area contributed by atoms with Gasteiger partial charge in [0.2, 0.25) is 0 Å². The number of nitrogens with zero attached hydrogens (tertiary/aromatic N) is 2. The van der Waals surface area contributed by atoms with Crippen LogP contribution in [0.4, 0.5) is 0 Å². The maximum atomic E-state index is 5.62. The number of ether oxygens (including phenoxy) is 2. The first kappa shape index (κ1) is 19.9. The molecule has 0 aliphatic carbocycles. The van der Waals surface area contributed by atoms with Crippen LogP contribution >= 0.6 is 0 Å². The maximum absolute atomic E-state index is 5.62. The lowest BCUT2D eigenvalue weighted by Gasteiger charge is -2.37. The summed E-state index contributed by atoms with van der Waals surface area (Å²) in [4.78, 5) is 4.94. The van der Waals surface area contributed by atoms with Crippen LogP contribution in [0.1, 0.15) is 55.4 Å². The van der Waals surface area contributed by atoms with E-state index in [-0.39, 0.29) is 0 Å². The van der Waals surface area contributed by atoms with Gasteiger partial charge >= 0.3 is 0 Å². The Morgan fingerprint density at radius 1 is 0.591 bits per heavy atom. The lowest BCUT2D eigenvalue weighted by molar-refractivity contribution is -0.0766. The minimum Gasteiger partial charge on any atom is -0.373 e. The van der Waals surface area contributed by atoms with E-state index in [1.165, 1.54) is 0 Å². The first-order chi connectivity index (χ1) is 10.2. The molecule has 132 valence electrons. The molecule has 2 aliphatic heterocycles. The van der Waals surface area contributed by atoms with Crippen molar-refractivity contribution < 1.29 is 9.47 Å². The average molecular weight is 315 g/mol. The lowest BCUT2D eigenvalue weighted by atomic mass is 10.2. The fourth-order valence-corrected chi connectivity index (χ4v) is 3.28. The van der Waals surface area contributed by atoms with Gasteiger partial charge in [0.1, 0.15) is 0 Å². The standard InChI is InChI=1S/2C9H19NO/c2*1-7(2)10-5-8(3)11-9(4)6-10/h2*7-9H,5-6H2,1-4H3/t8-,9+;8-,9-/m.0/s1. The van der Waals surface area contributed by atoms with Crippen molar-refractivity contribution in [2.75, 3.05) is 26.2 Å². The van der Waals surface area contributed by atoms with Crippen LogP contribution in [-0.2, 0) is 9.47 Å². The van der Waals surface area contributed by atoms with Crippen molar-refractivity contribution in [2.45, 2.75) is 91.9 Å². The van der Waals surface area contributed by atoms with Gasteiger partial charge in [0.05, 0.1) is 24.4 Å². The molecule has 2 aliphatic rings. The van der Waals surface area contributed by atoms with Gasteiger partial charge in [0.25, 0.3) is 0 Å². The van der Waals surface area contributed by atoms with E-state index in [0.29, 0.717) is 36.5 Å². The Hall–Kier alpha value is -0.160. The fourth-order valence-electron chi connectivity index (χ4n) is 3.28. The molecule has 22 heavy (non-hydrogen) atoms. The molecular weight excluding hydrogens is 276 g/mol. The molecule has 0 radical (unpaired) electrons. The molecule has 4 atom stereocenters. The highest BCUT2D eigenvalue weighted by molar-refractivity contribution is 4.76. The van der Waals surface area contributed by atoms with Crippen molar-refractivity contribution in [1.82, 2.24) is 9.80 Å². The van der Waals surface area contributed by atoms with Crippen LogP contribution in [0.25, 0.3) is 0 Å². The average Bonchev–Trinajstić information content (AvgIpc) is 2.37. The monoisotopic (exact) mass is 314 g/mol. The zero-order chi connectivity index (χ0) is 16.9. The van der Waals surface area contributed by atoms with Gasteiger partial charge in [-0.25, -0.2) is 0 Å². The van der Waals surface area contributed by atoms with Crippen LogP contribution in [0.2, 0.25) is 0 Å². The molecule has 0 unspecified atom stereocenters. The zero-order valence-corrected chi connectivity index (χ0v) is 16.0. The Morgan fingerprint density at radius 3 is 1.00 bits per heavy atom. The van der Waals surface area contributed by atoms with Crippen LogP contribution in [0.3, 0.4) is 0 Å². The van der Waals surface area contributed by atoms with Gasteiger partial charge in [-0.1, -0.05) is 0 Å². The van der Waals surface area contributed by atoms with E-state index in [1.54, 1.807) is 0 Å². The van der Waals surface area contributed by atoms with Crippen LogP contribution in [0.15, 0.2) is 0 Å². The normalized spacial score (nSPS) is 34.6. The molecule has 0 spiro atoms. The van der Waals surface area contributed by atoms with Gasteiger partial charge in [-0.2, -0.15) is 0 Å². The second-order valence-corrected chi connectivity index (χ2v) is 7.61. The van der Waals surface area contributed by atoms with E-state index in [4.69, 9.17) is 9.47 Å². The summed E-state index contributed by atoms with van der Waals surface area (Å²) in [6, 6.07) is 1.31. The molecule has 2 heterocycles. The van der Waals surface area contributed by atoms with Gasteiger partial charge < -0.3 is 9.47 Å². The largest absolute Gasteiger partial charge is 0.373 e. The van der Waals surface area contributed by atoms with E-state index < -0.39 is 0 Å². The van der Waals surface area contributed by atoms with Gasteiger partial charge in [-0.15, -0.1) is 0 Å². The Labute approximate surface area is 138 Å². The molecule has 2 rings (SSSR count). The third kappa shape index (κ3) is 6.95. The summed E-state index contributed by atoms with van der Waals surface area (Å²) in [6.07, 6.45) is 1.62. The van der Waals surface area contributed by atoms with Crippen molar-refractivity contribution >= 4 is 0 Å². The highest BCUT2D eigenvalue weighted by atomic mass is 16.5. The van der Waals surface area contributed by atoms with Crippen LogP contribution in [0, 0.1) is 0 Å². The SMILES string of the molecule is CC(C)N1C[C@@H](C)O[C@@H](C)C1.CC(C)N1C[C@H](C)O[C@@H](C)C1. The van der Waals surface area contributed by atoms with Crippen molar-refractivity contribution in [1.29, 1.82) is 0 Å². The van der Waals surface area contributed by atoms with Crippen molar-refractivity contribution in [3.63, 3.8) is 0 Å². The molecule has 2 saturated heterocycles. The topological polar surface area (TPSA) is 24.9 Å². The highest BCUT2D eigenvalue weighted by Gasteiger charge is 2.24. The van der Waals surface area contributed by atoms with E-state index in [0.717, 1.165) is 26.2 Å². The van der Waals surface area contributed by atoms with E-state index in [9.17, 15) is 0 Å². The molecule has 0 amide bonds. The summed E-state index contributed by atoms with van der Waals surface area (Å²) in [6.45, 7) is 21.9. The summed E-state index contributed by atoms with van der Waals surface area (Å²) in [5.41, 5.74) is 0. The second kappa shape index (κ2) is 9.21. The van der Waals surface area contributed by atoms with Crippen molar-refractivity contribution in [2.24, 2.45) is 0 Å². The second-order valence-electron chi connectivity index (χ2n) is 7.61. The predicted octanol–water partition coefficient (Wildman–Crippen LogP) is 3.01. The van der Waals surface area contributed by atoms with Crippen molar-refractivity contribution in [3.05, 3.63) is 0 Å². The predicted molar refractivity (Wildman–Crippen MR) is 93.4 cm³/mol. The molecule has 4 heteroatoms. The van der Waals surface area contributed by atoms with Gasteiger partial charge in [-0.05, 0) is 55.4 Å². The molecule has 0 bridgehead atoms. The van der Waals surface area contributed by atoms with Gasteiger partial charge in [0, 0.05) is 38.3 Å². The zero-order valence-electron chi connectivity index (χ0n) is 16.0. The Bertz CT molecular complexity index is 259. The summed E-state index contributed by atoms with van der Waals surface area (Å²) in [5.74, 6) is 0. The first-order valence-corrected chi connectivity index (χ1v) is 8.98. The third-order valence-corrected chi connectivity index (χ3v) is 4.36. The van der Waals surface area contributed by atoms with Crippen molar-refractivity contribution in [3.8, 4) is 0 Å². The van der Waals surface area contributed by atoms with Crippen LogP contribution in [0.5, 0.6) is 0 Å². The third-order valence-electron chi connectivity index (χ3n) is 4.36. The smallest absolute Gasteiger partial charge is 0.0678 e. The molecule has 0 aromatic carbocycles. The number of morpholine rings is 2. The Balaban J connectivity index is 0.000000220. The maximum Gasteiger partial charge on any atom is 0.0678 e. The summed E-state index contributed by atoms with van der Waals surface area (Å²) < 4.78 is 11.2. The minimum atomic E-state index is 0.404. The molecule has 0 saturated carbocycles. The molecule has 0 N–H and O–H groups in total. The number of hydrogen-bond acceptors (Lipinski definition) is 4. The molecule has 2 fully saturated rings. The van der Waals surface area contributed by atoms with E-state index in [1.807, 2.05) is 0 Å². The van der Waals surface area contributed by atoms with E-state index in [2.05, 4.69) is 65.2 Å². The van der Waals surface area contributed by atoms with E-state index >= 15 is 0 Å². The highest BCUT2D eigenvalue weighted by Crippen LogP contribution is 2.13. The molecule has 0 aromatic heterocycles. The summed E-state index contributed by atoms with van der Waals surface area (Å²) in [7, 11) is 0. The quantitative estimate of drug-likeness (QED) is 0.782. The molecule has 0 aromatic rings. The minimum absolute atomic E-state index is 0.404.